The zero-order valence-electron chi connectivity index (χ0n) is 17.8. The minimum Gasteiger partial charge on any atom is -0.493 e. The minimum absolute atomic E-state index is 0.116. The third kappa shape index (κ3) is 5.26. The number of hydrogen-bond donors (Lipinski definition) is 1. The van der Waals surface area contributed by atoms with E-state index in [9.17, 15) is 9.59 Å². The fraction of sp³-hybridized carbons (Fsp3) is 0.360. The van der Waals surface area contributed by atoms with Gasteiger partial charge < -0.3 is 19.5 Å². The first-order valence-corrected chi connectivity index (χ1v) is 10.7. The van der Waals surface area contributed by atoms with Crippen molar-refractivity contribution < 1.29 is 23.8 Å². The van der Waals surface area contributed by atoms with Gasteiger partial charge in [-0.25, -0.2) is 4.79 Å². The van der Waals surface area contributed by atoms with E-state index in [1.807, 2.05) is 44.2 Å². The van der Waals surface area contributed by atoms with E-state index >= 15 is 0 Å². The number of nitrogens with one attached hydrogen (secondary N) is 1. The molecule has 1 fully saturated rings. The van der Waals surface area contributed by atoms with Crippen LogP contribution in [0.1, 0.15) is 49.5 Å². The van der Waals surface area contributed by atoms with E-state index in [1.54, 1.807) is 18.2 Å². The van der Waals surface area contributed by atoms with Crippen LogP contribution >= 0.6 is 0 Å². The van der Waals surface area contributed by atoms with Crippen molar-refractivity contribution in [1.82, 2.24) is 5.32 Å². The maximum absolute atomic E-state index is 12.7. The Morgan fingerprint density at radius 1 is 1.23 bits per heavy atom. The van der Waals surface area contributed by atoms with Crippen LogP contribution in [0.4, 0.5) is 0 Å². The maximum Gasteiger partial charge on any atom is 0.331 e. The molecule has 6 heteroatoms. The van der Waals surface area contributed by atoms with Crippen LogP contribution in [0.2, 0.25) is 0 Å². The molecule has 2 aromatic carbocycles. The smallest absolute Gasteiger partial charge is 0.331 e. The van der Waals surface area contributed by atoms with E-state index in [-0.39, 0.29) is 18.1 Å². The quantitative estimate of drug-likeness (QED) is 0.515. The summed E-state index contributed by atoms with van der Waals surface area (Å²) in [5.74, 6) is 0.589. The summed E-state index contributed by atoms with van der Waals surface area (Å²) < 4.78 is 17.1. The monoisotopic (exact) mass is 421 g/mol. The molecule has 0 bridgehead atoms. The first kappa shape index (κ1) is 21.0. The van der Waals surface area contributed by atoms with Crippen LogP contribution in [0.3, 0.4) is 0 Å². The number of esters is 1. The Morgan fingerprint density at radius 2 is 2.00 bits per heavy atom. The number of amides is 1. The van der Waals surface area contributed by atoms with Crippen molar-refractivity contribution in [3.05, 3.63) is 65.2 Å². The summed E-state index contributed by atoms with van der Waals surface area (Å²) in [6.07, 6.45) is 4.83. The van der Waals surface area contributed by atoms with Gasteiger partial charge in [-0.15, -0.1) is 0 Å². The van der Waals surface area contributed by atoms with Crippen molar-refractivity contribution >= 4 is 18.0 Å². The normalized spacial score (nSPS) is 18.2. The van der Waals surface area contributed by atoms with E-state index in [2.05, 4.69) is 5.32 Å². The first-order valence-electron chi connectivity index (χ1n) is 10.7. The lowest BCUT2D eigenvalue weighted by Crippen LogP contribution is -2.33. The number of carbonyl (C=O) groups is 2. The zero-order chi connectivity index (χ0) is 21.8. The van der Waals surface area contributed by atoms with Gasteiger partial charge in [0.1, 0.15) is 17.6 Å². The molecular formula is C25H27NO5. The first-order chi connectivity index (χ1) is 15.0. The molecule has 0 aromatic heterocycles. The molecule has 6 nitrogen and oxygen atoms in total. The Morgan fingerprint density at radius 3 is 2.71 bits per heavy atom. The SMILES string of the molecule is CCOc1cc2c(cc1/C=C/C(=O)O[C@@H](C(=O)NC1CC1)c1ccccc1)O[C@@H](C)C2. The van der Waals surface area contributed by atoms with Crippen LogP contribution < -0.4 is 14.8 Å². The minimum atomic E-state index is -0.991. The largest absolute Gasteiger partial charge is 0.493 e. The summed E-state index contributed by atoms with van der Waals surface area (Å²) in [4.78, 5) is 25.3. The number of benzene rings is 2. The highest BCUT2D eigenvalue weighted by atomic mass is 16.5. The highest BCUT2D eigenvalue weighted by Crippen LogP contribution is 2.35. The van der Waals surface area contributed by atoms with Crippen LogP contribution in [0.25, 0.3) is 6.08 Å². The van der Waals surface area contributed by atoms with Crippen molar-refractivity contribution in [2.45, 2.75) is 51.4 Å². The molecule has 4 rings (SSSR count). The zero-order valence-corrected chi connectivity index (χ0v) is 17.8. The van der Waals surface area contributed by atoms with Gasteiger partial charge >= 0.3 is 5.97 Å². The number of rotatable bonds is 8. The molecule has 2 atom stereocenters. The Balaban J connectivity index is 1.51. The molecule has 0 saturated heterocycles. The predicted octanol–water partition coefficient (Wildman–Crippen LogP) is 3.99. The van der Waals surface area contributed by atoms with E-state index in [0.717, 1.165) is 36.1 Å². The van der Waals surface area contributed by atoms with E-state index in [4.69, 9.17) is 14.2 Å². The van der Waals surface area contributed by atoms with E-state index in [0.29, 0.717) is 17.9 Å². The molecule has 31 heavy (non-hydrogen) atoms. The molecule has 162 valence electrons. The van der Waals surface area contributed by atoms with Crippen molar-refractivity contribution in [1.29, 1.82) is 0 Å². The fourth-order valence-electron chi connectivity index (χ4n) is 3.58. The van der Waals surface area contributed by atoms with Gasteiger partial charge in [0.05, 0.1) is 6.61 Å². The molecule has 1 aliphatic carbocycles. The van der Waals surface area contributed by atoms with Crippen molar-refractivity contribution in [3.8, 4) is 11.5 Å². The molecule has 0 radical (unpaired) electrons. The van der Waals surface area contributed by atoms with Crippen molar-refractivity contribution in [2.24, 2.45) is 0 Å². The van der Waals surface area contributed by atoms with Crippen LogP contribution in [0.5, 0.6) is 11.5 Å². The predicted molar refractivity (Wildman–Crippen MR) is 117 cm³/mol. The molecule has 2 aromatic rings. The topological polar surface area (TPSA) is 73.9 Å². The third-order valence-corrected chi connectivity index (χ3v) is 5.23. The summed E-state index contributed by atoms with van der Waals surface area (Å²) in [5, 5.41) is 2.91. The van der Waals surface area contributed by atoms with E-state index < -0.39 is 12.1 Å². The molecule has 1 saturated carbocycles. The van der Waals surface area contributed by atoms with Gasteiger partial charge in [-0.3, -0.25) is 4.79 Å². The molecule has 1 heterocycles. The second kappa shape index (κ2) is 9.25. The summed E-state index contributed by atoms with van der Waals surface area (Å²) in [7, 11) is 0. The maximum atomic E-state index is 12.7. The lowest BCUT2D eigenvalue weighted by molar-refractivity contribution is -0.151. The molecule has 0 unspecified atom stereocenters. The Labute approximate surface area is 182 Å². The van der Waals surface area contributed by atoms with Gasteiger partial charge in [0.15, 0.2) is 0 Å². The third-order valence-electron chi connectivity index (χ3n) is 5.23. The van der Waals surface area contributed by atoms with Crippen molar-refractivity contribution in [3.63, 3.8) is 0 Å². The molecular weight excluding hydrogens is 394 g/mol. The highest BCUT2D eigenvalue weighted by Gasteiger charge is 2.30. The molecule has 1 aliphatic heterocycles. The van der Waals surface area contributed by atoms with Crippen LogP contribution in [-0.4, -0.2) is 30.6 Å². The standard InChI is InChI=1S/C25H27NO5/c1-3-29-21-15-19-13-16(2)30-22(19)14-18(21)9-12-23(27)31-24(17-7-5-4-6-8-17)25(28)26-20-10-11-20/h4-9,12,14-16,20,24H,3,10-11,13H2,1-2H3,(H,26,28)/b12-9+/t16-,24+/m0/s1. The lowest BCUT2D eigenvalue weighted by atomic mass is 10.1. The van der Waals surface area contributed by atoms with Gasteiger partial charge in [0, 0.05) is 35.2 Å². The van der Waals surface area contributed by atoms with Crippen LogP contribution in [0.15, 0.2) is 48.5 Å². The lowest BCUT2D eigenvalue weighted by Gasteiger charge is -2.17. The summed E-state index contributed by atoms with van der Waals surface area (Å²) in [6.45, 7) is 4.44. The number of hydrogen-bond acceptors (Lipinski definition) is 5. The average molecular weight is 421 g/mol. The molecule has 2 aliphatic rings. The number of ether oxygens (including phenoxy) is 3. The second-order valence-corrected chi connectivity index (χ2v) is 7.91. The summed E-state index contributed by atoms with van der Waals surface area (Å²) >= 11 is 0. The molecule has 0 spiro atoms. The van der Waals surface area contributed by atoms with Gasteiger partial charge in [-0.1, -0.05) is 30.3 Å². The highest BCUT2D eigenvalue weighted by molar-refractivity contribution is 5.91. The summed E-state index contributed by atoms with van der Waals surface area (Å²) in [5.41, 5.74) is 2.46. The fourth-order valence-corrected chi connectivity index (χ4v) is 3.58. The molecule has 1 amide bonds. The van der Waals surface area contributed by atoms with Crippen LogP contribution in [-0.2, 0) is 20.7 Å². The van der Waals surface area contributed by atoms with Gasteiger partial charge in [-0.2, -0.15) is 0 Å². The van der Waals surface area contributed by atoms with Gasteiger partial charge in [-0.05, 0) is 44.9 Å². The number of fused-ring (bicyclic) bond motifs is 1. The Kier molecular flexibility index (Phi) is 6.26. The van der Waals surface area contributed by atoms with Gasteiger partial charge in [0.25, 0.3) is 5.91 Å². The Hall–Kier alpha value is -3.28. The summed E-state index contributed by atoms with van der Waals surface area (Å²) in [6, 6.07) is 13.1. The second-order valence-electron chi connectivity index (χ2n) is 7.91. The van der Waals surface area contributed by atoms with Crippen molar-refractivity contribution in [2.75, 3.05) is 6.61 Å². The number of carbonyl (C=O) groups excluding carboxylic acids is 2. The van der Waals surface area contributed by atoms with Crippen LogP contribution in [0, 0.1) is 0 Å². The molecule has 1 N–H and O–H groups in total. The Bertz CT molecular complexity index is 981. The average Bonchev–Trinajstić information content (AvgIpc) is 3.49. The van der Waals surface area contributed by atoms with Gasteiger partial charge in [0.2, 0.25) is 6.10 Å². The van der Waals surface area contributed by atoms with E-state index in [1.165, 1.54) is 6.08 Å².